The summed E-state index contributed by atoms with van der Waals surface area (Å²) in [4.78, 5) is 15.9. The zero-order chi connectivity index (χ0) is 34.6. The fraction of sp³-hybridized carbons (Fsp3) is 0.649. The summed E-state index contributed by atoms with van der Waals surface area (Å²) in [6, 6.07) is 11.5. The molecule has 2 bridgehead atoms. The fourth-order valence-corrected chi connectivity index (χ4v) is 10.4. The van der Waals surface area contributed by atoms with E-state index in [1.54, 1.807) is 19.1 Å². The average Bonchev–Trinajstić information content (AvgIpc) is 3.22. The molecule has 2 aliphatic carbocycles. The van der Waals surface area contributed by atoms with Crippen LogP contribution >= 0.6 is 11.6 Å². The third-order valence-electron chi connectivity index (χ3n) is 12.2. The van der Waals surface area contributed by atoms with Crippen LogP contribution in [0.5, 0.6) is 5.75 Å². The first-order valence-electron chi connectivity index (χ1n) is 17.9. The quantitative estimate of drug-likeness (QED) is 0.401. The number of aryl methyl sites for hydroxylation is 1. The number of ether oxygens (including phenoxy) is 3. The monoisotopic (exact) mass is 715 g/mol. The van der Waals surface area contributed by atoms with E-state index in [-0.39, 0.29) is 42.6 Å². The van der Waals surface area contributed by atoms with Crippen LogP contribution in [-0.2, 0) is 31.3 Å². The lowest BCUT2D eigenvalue weighted by molar-refractivity contribution is -0.249. The molecule has 10 nitrogen and oxygen atoms in total. The summed E-state index contributed by atoms with van der Waals surface area (Å²) in [5, 5.41) is 9.80. The zero-order valence-corrected chi connectivity index (χ0v) is 30.1. The van der Waals surface area contributed by atoms with Crippen LogP contribution in [-0.4, -0.2) is 76.0 Å². The van der Waals surface area contributed by atoms with E-state index in [2.05, 4.69) is 21.8 Å². The Morgan fingerprint density at radius 1 is 1.02 bits per heavy atom. The van der Waals surface area contributed by atoms with E-state index in [0.29, 0.717) is 37.2 Å². The minimum atomic E-state index is -3.94. The summed E-state index contributed by atoms with van der Waals surface area (Å²) >= 11 is 6.45. The number of sulfonamides is 1. The van der Waals surface area contributed by atoms with Crippen LogP contribution in [0.25, 0.3) is 0 Å². The van der Waals surface area contributed by atoms with Gasteiger partial charge in [-0.1, -0.05) is 31.0 Å². The van der Waals surface area contributed by atoms with Crippen LogP contribution in [0.4, 0.5) is 5.69 Å². The van der Waals surface area contributed by atoms with Crippen molar-refractivity contribution in [3.05, 3.63) is 58.1 Å². The van der Waals surface area contributed by atoms with Crippen molar-refractivity contribution in [2.75, 3.05) is 44.4 Å². The molecule has 2 fully saturated rings. The lowest BCUT2D eigenvalue weighted by Crippen LogP contribution is -2.59. The Hall–Kier alpha value is -2.41. The van der Waals surface area contributed by atoms with E-state index >= 15 is 0 Å². The Morgan fingerprint density at radius 3 is 2.55 bits per heavy atom. The summed E-state index contributed by atoms with van der Waals surface area (Å²) < 4.78 is 48.5. The Kier molecular flexibility index (Phi) is 9.73. The number of halogens is 1. The molecule has 268 valence electrons. The first kappa shape index (κ1) is 35.0. The van der Waals surface area contributed by atoms with Gasteiger partial charge in [0.05, 0.1) is 42.9 Å². The highest BCUT2D eigenvalue weighted by atomic mass is 35.5. The number of benzene rings is 2. The predicted octanol–water partition coefficient (Wildman–Crippen LogP) is 4.79. The van der Waals surface area contributed by atoms with Gasteiger partial charge in [-0.05, 0) is 111 Å². The molecule has 3 heterocycles. The van der Waals surface area contributed by atoms with Crippen LogP contribution in [0.3, 0.4) is 0 Å². The number of carbonyl (C=O) groups excluding carboxylic acids is 1. The Morgan fingerprint density at radius 2 is 1.82 bits per heavy atom. The molecule has 7 rings (SSSR count). The van der Waals surface area contributed by atoms with Crippen molar-refractivity contribution in [2.24, 2.45) is 29.4 Å². The third-order valence-corrected chi connectivity index (χ3v) is 14.4. The van der Waals surface area contributed by atoms with Crippen molar-refractivity contribution >= 4 is 33.2 Å². The molecule has 3 aliphatic heterocycles. The number of rotatable bonds is 2. The number of hydrogen-bond donors (Lipinski definition) is 3. The van der Waals surface area contributed by atoms with Crippen molar-refractivity contribution < 1.29 is 32.5 Å². The normalized spacial score (nSPS) is 36.3. The van der Waals surface area contributed by atoms with E-state index < -0.39 is 33.0 Å². The molecule has 2 aromatic carbocycles. The summed E-state index contributed by atoms with van der Waals surface area (Å²) in [5.41, 5.74) is 8.70. The number of nitrogens with one attached hydrogen (secondary N) is 1. The van der Waals surface area contributed by atoms with Crippen LogP contribution < -0.4 is 20.1 Å². The summed E-state index contributed by atoms with van der Waals surface area (Å²) in [6.07, 6.45) is 6.89. The van der Waals surface area contributed by atoms with Gasteiger partial charge in [-0.2, -0.15) is 0 Å². The lowest BCUT2D eigenvalue weighted by atomic mass is 9.64. The molecule has 5 aliphatic rings. The number of amides is 1. The second kappa shape index (κ2) is 13.6. The van der Waals surface area contributed by atoms with E-state index in [1.165, 1.54) is 11.1 Å². The summed E-state index contributed by atoms with van der Waals surface area (Å²) in [7, 11) is -3.94. The van der Waals surface area contributed by atoms with Crippen LogP contribution in [0.15, 0.2) is 36.4 Å². The highest BCUT2D eigenvalue weighted by Crippen LogP contribution is 2.49. The first-order valence-corrected chi connectivity index (χ1v) is 19.8. The van der Waals surface area contributed by atoms with Crippen molar-refractivity contribution in [1.82, 2.24) is 4.72 Å². The molecule has 4 N–H and O–H groups in total. The minimum absolute atomic E-state index is 0.0919. The molecule has 12 heteroatoms. The van der Waals surface area contributed by atoms with Gasteiger partial charge in [0.1, 0.15) is 5.75 Å². The van der Waals surface area contributed by atoms with Crippen molar-refractivity contribution in [1.29, 1.82) is 0 Å². The number of carbonyl (C=O) groups is 1. The first-order chi connectivity index (χ1) is 23.4. The van der Waals surface area contributed by atoms with Gasteiger partial charge in [-0.25, -0.2) is 13.1 Å². The molecule has 6 atom stereocenters. The molecule has 0 radical (unpaired) electrons. The minimum Gasteiger partial charge on any atom is -0.490 e. The highest BCUT2D eigenvalue weighted by Gasteiger charge is 2.47. The van der Waals surface area contributed by atoms with Gasteiger partial charge in [0, 0.05) is 35.0 Å². The molecule has 0 aromatic heterocycles. The molecule has 1 saturated heterocycles. The third kappa shape index (κ3) is 6.83. The molecule has 0 unspecified atom stereocenters. The number of anilines is 1. The number of nitrogens with zero attached hydrogens (tertiary/aromatic N) is 1. The number of hydrogen-bond acceptors (Lipinski definition) is 9. The van der Waals surface area contributed by atoms with Crippen LogP contribution in [0.2, 0.25) is 5.02 Å². The smallest absolute Gasteiger partial charge is 0.264 e. The molecular formula is C37H50ClN3O7S. The maximum Gasteiger partial charge on any atom is 0.264 e. The fourth-order valence-electron chi connectivity index (χ4n) is 8.90. The van der Waals surface area contributed by atoms with Crippen molar-refractivity contribution in [3.8, 4) is 5.75 Å². The predicted molar refractivity (Wildman–Crippen MR) is 188 cm³/mol. The lowest BCUT2D eigenvalue weighted by Gasteiger charge is -2.49. The van der Waals surface area contributed by atoms with Gasteiger partial charge < -0.3 is 30.0 Å². The summed E-state index contributed by atoms with van der Waals surface area (Å²) in [6.45, 7) is 5.78. The summed E-state index contributed by atoms with van der Waals surface area (Å²) in [5.74, 6) is 0.650. The zero-order valence-electron chi connectivity index (χ0n) is 28.5. The second-order valence-corrected chi connectivity index (χ2v) is 18.0. The second-order valence-electron chi connectivity index (χ2n) is 15.6. The number of aliphatic hydroxyl groups is 1. The average molecular weight is 716 g/mol. The Labute approximate surface area is 295 Å². The van der Waals surface area contributed by atoms with Gasteiger partial charge >= 0.3 is 0 Å². The topological polar surface area (TPSA) is 140 Å². The van der Waals surface area contributed by atoms with E-state index in [4.69, 9.17) is 31.5 Å². The van der Waals surface area contributed by atoms with Gasteiger partial charge in [-0.15, -0.1) is 0 Å². The molecule has 1 saturated carbocycles. The maximum atomic E-state index is 13.5. The highest BCUT2D eigenvalue weighted by molar-refractivity contribution is 7.90. The molecule has 49 heavy (non-hydrogen) atoms. The Balaban J connectivity index is 1.27. The number of aliphatic hydroxyl groups excluding tert-OH is 1. The number of fused-ring (bicyclic) bond motifs is 4. The van der Waals surface area contributed by atoms with E-state index in [9.17, 15) is 18.3 Å². The van der Waals surface area contributed by atoms with Gasteiger partial charge in [0.15, 0.2) is 6.29 Å². The molecule has 2 aromatic rings. The Bertz CT molecular complexity index is 1660. The molecular weight excluding hydrogens is 666 g/mol. The van der Waals surface area contributed by atoms with Crippen molar-refractivity contribution in [3.63, 3.8) is 0 Å². The van der Waals surface area contributed by atoms with E-state index in [1.807, 2.05) is 19.1 Å². The molecule has 1 spiro atoms. The van der Waals surface area contributed by atoms with E-state index in [0.717, 1.165) is 62.2 Å². The van der Waals surface area contributed by atoms with Gasteiger partial charge in [0.25, 0.3) is 5.91 Å². The van der Waals surface area contributed by atoms with Gasteiger partial charge in [0.2, 0.25) is 10.0 Å². The maximum absolute atomic E-state index is 13.5. The van der Waals surface area contributed by atoms with Crippen LogP contribution in [0.1, 0.15) is 80.3 Å². The molecule has 1 amide bonds. The standard InChI is InChI=1S/C37H50ClN3O7S/c1-23-5-3-7-30(35-47-21-37(39,19-42)22-48-35)29-11-8-27(29)17-41-18-36(14-4-6-25-15-28(38)10-12-31(25)36)20-46-33-13-9-26(16-32(33)41)34(43)40-49(44,45)24(23)2/h9-10,12-13,15-16,23-24,27,29-30,35,42H,3-8,11,14,17-22,39H2,1-2H3,(H,40,43)/t23-,24+,27-,29+,30-,35-,36-,37+/m0/s1. The largest absolute Gasteiger partial charge is 0.490 e. The number of nitrogens with two attached hydrogens (primary N) is 1. The SMILES string of the molecule is C[C@@H]1[C@@H](C)CCC[C@H]([C@H]2OC[C@](N)(CO)CO2)[C@@H]2CC[C@H]2CN2C[C@@]3(CCCc4cc(Cl)ccc43)COc3ccc(cc32)C(=O)NS1(=O)=O. The van der Waals surface area contributed by atoms with Crippen molar-refractivity contribution in [2.45, 2.75) is 87.7 Å². The van der Waals surface area contributed by atoms with Crippen LogP contribution in [0, 0.1) is 23.7 Å². The van der Waals surface area contributed by atoms with Gasteiger partial charge in [-0.3, -0.25) is 4.79 Å².